The summed E-state index contributed by atoms with van der Waals surface area (Å²) in [5, 5.41) is 10.8. The summed E-state index contributed by atoms with van der Waals surface area (Å²) in [5.41, 5.74) is 2.90. The minimum atomic E-state index is -0.164. The van der Waals surface area contributed by atoms with E-state index in [9.17, 15) is 4.79 Å². The fourth-order valence-corrected chi connectivity index (χ4v) is 3.12. The van der Waals surface area contributed by atoms with Crippen LogP contribution in [0.15, 0.2) is 22.8 Å². The lowest BCUT2D eigenvalue weighted by atomic mass is 10.1. The number of hydrogen-bond donors (Lipinski definition) is 1. The van der Waals surface area contributed by atoms with E-state index in [1.165, 1.54) is 5.56 Å². The molecule has 1 N–H and O–H groups in total. The molecular weight excluding hydrogens is 362 g/mol. The van der Waals surface area contributed by atoms with E-state index in [0.717, 1.165) is 27.9 Å². The predicted molar refractivity (Wildman–Crippen MR) is 88.0 cm³/mol. The first-order chi connectivity index (χ1) is 11.0. The zero-order chi connectivity index (χ0) is 16.4. The van der Waals surface area contributed by atoms with Crippen LogP contribution in [0.1, 0.15) is 16.8 Å². The summed E-state index contributed by atoms with van der Waals surface area (Å²) in [6, 6.07) is 3.88. The van der Waals surface area contributed by atoms with E-state index in [4.69, 9.17) is 4.74 Å². The summed E-state index contributed by atoms with van der Waals surface area (Å²) in [5.74, 6) is 0.894. The largest absolute Gasteiger partial charge is 0.493 e. The van der Waals surface area contributed by atoms with E-state index in [1.807, 2.05) is 6.07 Å². The number of carbonyl (C=O) groups excluding carboxylic acids is 1. The minimum Gasteiger partial charge on any atom is -0.493 e. The lowest BCUT2D eigenvalue weighted by molar-refractivity contribution is 0.205. The maximum Gasteiger partial charge on any atom is 0.317 e. The first-order valence-corrected chi connectivity index (χ1v) is 8.10. The standard InChI is InChI=1S/C15H18BrN5O2/c1-20(8-13-9-21(2)19-18-13)15(22)17-7-11-6-12(16)5-10-3-4-23-14(10)11/h5-6,9H,3-4,7-8H2,1-2H3,(H,17,22). The second-order valence-corrected chi connectivity index (χ2v) is 6.47. The molecule has 7 nitrogen and oxygen atoms in total. The Labute approximate surface area is 142 Å². The van der Waals surface area contributed by atoms with E-state index < -0.39 is 0 Å². The average molecular weight is 380 g/mol. The third kappa shape index (κ3) is 3.64. The van der Waals surface area contributed by atoms with Gasteiger partial charge < -0.3 is 15.0 Å². The lowest BCUT2D eigenvalue weighted by Gasteiger charge is -2.17. The second kappa shape index (κ2) is 6.57. The third-order valence-electron chi connectivity index (χ3n) is 3.65. The number of carbonyl (C=O) groups is 1. The SMILES string of the molecule is CN(Cc1cn(C)nn1)C(=O)NCc1cc(Br)cc2c1OCC2. The Morgan fingerprint density at radius 1 is 1.52 bits per heavy atom. The second-order valence-electron chi connectivity index (χ2n) is 5.55. The Morgan fingerprint density at radius 2 is 2.35 bits per heavy atom. The smallest absolute Gasteiger partial charge is 0.317 e. The van der Waals surface area contributed by atoms with Gasteiger partial charge in [-0.05, 0) is 17.7 Å². The van der Waals surface area contributed by atoms with Gasteiger partial charge in [0.15, 0.2) is 0 Å². The van der Waals surface area contributed by atoms with Crippen molar-refractivity contribution in [2.45, 2.75) is 19.5 Å². The van der Waals surface area contributed by atoms with Crippen molar-refractivity contribution in [3.8, 4) is 5.75 Å². The Bertz CT molecular complexity index is 731. The number of rotatable bonds is 4. The molecular formula is C15H18BrN5O2. The van der Waals surface area contributed by atoms with Crippen LogP contribution in [0, 0.1) is 0 Å². The zero-order valence-corrected chi connectivity index (χ0v) is 14.6. The Hall–Kier alpha value is -2.09. The molecule has 0 bridgehead atoms. The van der Waals surface area contributed by atoms with Crippen molar-refractivity contribution in [1.82, 2.24) is 25.2 Å². The normalized spacial score (nSPS) is 12.7. The number of ether oxygens (including phenoxy) is 1. The molecule has 2 amide bonds. The molecule has 2 aromatic rings. The van der Waals surface area contributed by atoms with Crippen LogP contribution in [0.2, 0.25) is 0 Å². The molecule has 1 aromatic carbocycles. The van der Waals surface area contributed by atoms with E-state index >= 15 is 0 Å². The number of halogens is 1. The maximum atomic E-state index is 12.2. The van der Waals surface area contributed by atoms with Crippen LogP contribution < -0.4 is 10.1 Å². The van der Waals surface area contributed by atoms with Crippen molar-refractivity contribution >= 4 is 22.0 Å². The number of amides is 2. The molecule has 0 radical (unpaired) electrons. The highest BCUT2D eigenvalue weighted by molar-refractivity contribution is 9.10. The highest BCUT2D eigenvalue weighted by atomic mass is 79.9. The van der Waals surface area contributed by atoms with Gasteiger partial charge in [0.2, 0.25) is 0 Å². The van der Waals surface area contributed by atoms with Crippen LogP contribution >= 0.6 is 15.9 Å². The summed E-state index contributed by atoms with van der Waals surface area (Å²) < 4.78 is 8.28. The van der Waals surface area contributed by atoms with Gasteiger partial charge >= 0.3 is 6.03 Å². The Balaban J connectivity index is 1.61. The lowest BCUT2D eigenvalue weighted by Crippen LogP contribution is -2.36. The molecule has 0 fully saturated rings. The number of nitrogens with one attached hydrogen (secondary N) is 1. The van der Waals surface area contributed by atoms with Crippen LogP contribution in [-0.2, 0) is 26.6 Å². The quantitative estimate of drug-likeness (QED) is 0.879. The summed E-state index contributed by atoms with van der Waals surface area (Å²) in [4.78, 5) is 13.8. The number of nitrogens with zero attached hydrogens (tertiary/aromatic N) is 4. The van der Waals surface area contributed by atoms with Gasteiger partial charge in [0.25, 0.3) is 0 Å². The number of aryl methyl sites for hydroxylation is 1. The van der Waals surface area contributed by atoms with Crippen molar-refractivity contribution in [1.29, 1.82) is 0 Å². The molecule has 1 aromatic heterocycles. The van der Waals surface area contributed by atoms with E-state index in [0.29, 0.717) is 19.7 Å². The molecule has 0 spiro atoms. The molecule has 0 atom stereocenters. The van der Waals surface area contributed by atoms with Crippen molar-refractivity contribution in [2.24, 2.45) is 7.05 Å². The van der Waals surface area contributed by atoms with Gasteiger partial charge in [0.05, 0.1) is 13.2 Å². The molecule has 0 saturated carbocycles. The number of hydrogen-bond acceptors (Lipinski definition) is 4. The summed E-state index contributed by atoms with van der Waals surface area (Å²) in [7, 11) is 3.52. The van der Waals surface area contributed by atoms with Gasteiger partial charge in [-0.15, -0.1) is 5.10 Å². The first kappa shape index (κ1) is 15.8. The number of benzene rings is 1. The van der Waals surface area contributed by atoms with Gasteiger partial charge in [-0.2, -0.15) is 0 Å². The minimum absolute atomic E-state index is 0.164. The van der Waals surface area contributed by atoms with Gasteiger partial charge in [-0.1, -0.05) is 21.1 Å². The van der Waals surface area contributed by atoms with E-state index in [2.05, 4.69) is 37.6 Å². The molecule has 2 heterocycles. The molecule has 8 heteroatoms. The Morgan fingerprint density at radius 3 is 3.09 bits per heavy atom. The summed E-state index contributed by atoms with van der Waals surface area (Å²) in [6.45, 7) is 1.53. The zero-order valence-electron chi connectivity index (χ0n) is 13.0. The summed E-state index contributed by atoms with van der Waals surface area (Å²) in [6.07, 6.45) is 2.70. The topological polar surface area (TPSA) is 72.3 Å². The van der Waals surface area contributed by atoms with Gasteiger partial charge in [0, 0.05) is 43.3 Å². The highest BCUT2D eigenvalue weighted by Crippen LogP contribution is 2.32. The Kier molecular flexibility index (Phi) is 4.51. The molecule has 0 unspecified atom stereocenters. The average Bonchev–Trinajstić information content (AvgIpc) is 3.13. The van der Waals surface area contributed by atoms with E-state index in [-0.39, 0.29) is 6.03 Å². The monoisotopic (exact) mass is 379 g/mol. The highest BCUT2D eigenvalue weighted by Gasteiger charge is 2.18. The van der Waals surface area contributed by atoms with Gasteiger partial charge in [-0.25, -0.2) is 4.79 Å². The van der Waals surface area contributed by atoms with Crippen LogP contribution in [0.4, 0.5) is 4.79 Å². The molecule has 0 saturated heterocycles. The molecule has 0 aliphatic carbocycles. The van der Waals surface area contributed by atoms with Crippen LogP contribution in [0.3, 0.4) is 0 Å². The third-order valence-corrected chi connectivity index (χ3v) is 4.11. The van der Waals surface area contributed by atoms with Crippen molar-refractivity contribution in [2.75, 3.05) is 13.7 Å². The van der Waals surface area contributed by atoms with Crippen LogP contribution in [0.25, 0.3) is 0 Å². The first-order valence-electron chi connectivity index (χ1n) is 7.31. The van der Waals surface area contributed by atoms with Gasteiger partial charge in [-0.3, -0.25) is 4.68 Å². The van der Waals surface area contributed by atoms with Crippen LogP contribution in [0.5, 0.6) is 5.75 Å². The maximum absolute atomic E-state index is 12.2. The number of urea groups is 1. The molecule has 3 rings (SSSR count). The molecule has 1 aliphatic heterocycles. The fraction of sp³-hybridized carbons (Fsp3) is 0.400. The van der Waals surface area contributed by atoms with E-state index in [1.54, 1.807) is 29.9 Å². The summed E-state index contributed by atoms with van der Waals surface area (Å²) >= 11 is 3.50. The van der Waals surface area contributed by atoms with Crippen LogP contribution in [-0.4, -0.2) is 39.6 Å². The molecule has 122 valence electrons. The van der Waals surface area contributed by atoms with Crippen molar-refractivity contribution in [3.05, 3.63) is 39.6 Å². The fourth-order valence-electron chi connectivity index (χ4n) is 2.57. The molecule has 23 heavy (non-hydrogen) atoms. The predicted octanol–water partition coefficient (Wildman–Crippen LogP) is 1.85. The number of aromatic nitrogens is 3. The van der Waals surface area contributed by atoms with Gasteiger partial charge in [0.1, 0.15) is 11.4 Å². The van der Waals surface area contributed by atoms with Crippen molar-refractivity contribution < 1.29 is 9.53 Å². The molecule has 1 aliphatic rings. The van der Waals surface area contributed by atoms with Crippen molar-refractivity contribution in [3.63, 3.8) is 0 Å². The number of fused-ring (bicyclic) bond motifs is 1.